The minimum atomic E-state index is -0.855. The molecule has 19 heavy (non-hydrogen) atoms. The molecule has 1 rings (SSSR count). The van der Waals surface area contributed by atoms with Crippen molar-refractivity contribution in [2.75, 3.05) is 0 Å². The van der Waals surface area contributed by atoms with E-state index >= 15 is 0 Å². The molecule has 1 aromatic carbocycles. The van der Waals surface area contributed by atoms with E-state index in [4.69, 9.17) is 14.7 Å². The van der Waals surface area contributed by atoms with E-state index in [1.165, 1.54) is 19.1 Å². The summed E-state index contributed by atoms with van der Waals surface area (Å²) in [6.07, 6.45) is -0.855. The summed E-state index contributed by atoms with van der Waals surface area (Å²) in [5, 5.41) is 8.60. The van der Waals surface area contributed by atoms with Gasteiger partial charge in [0.1, 0.15) is 23.2 Å². The topological polar surface area (TPSA) is 59.3 Å². The molecule has 0 aliphatic rings. The normalized spacial score (nSPS) is 12.4. The van der Waals surface area contributed by atoms with Crippen LogP contribution in [-0.2, 0) is 9.53 Å². The predicted molar refractivity (Wildman–Crippen MR) is 67.1 cm³/mol. The van der Waals surface area contributed by atoms with Crippen LogP contribution in [0.5, 0.6) is 5.75 Å². The van der Waals surface area contributed by atoms with Crippen LogP contribution in [0.2, 0.25) is 0 Å². The zero-order valence-electron chi connectivity index (χ0n) is 11.4. The van der Waals surface area contributed by atoms with Gasteiger partial charge in [0.15, 0.2) is 6.10 Å². The first-order valence-electron chi connectivity index (χ1n) is 5.82. The van der Waals surface area contributed by atoms with Gasteiger partial charge in [-0.3, -0.25) is 0 Å². The Morgan fingerprint density at radius 1 is 1.42 bits per heavy atom. The van der Waals surface area contributed by atoms with Crippen LogP contribution >= 0.6 is 0 Å². The highest BCUT2D eigenvalue weighted by molar-refractivity contribution is 5.75. The van der Waals surface area contributed by atoms with Gasteiger partial charge in [-0.15, -0.1) is 0 Å². The molecule has 0 saturated carbocycles. The summed E-state index contributed by atoms with van der Waals surface area (Å²) in [6.45, 7) is 6.77. The van der Waals surface area contributed by atoms with E-state index in [0.717, 1.165) is 6.07 Å². The second-order valence-corrected chi connectivity index (χ2v) is 5.05. The second kappa shape index (κ2) is 5.70. The third kappa shape index (κ3) is 4.59. The highest BCUT2D eigenvalue weighted by Gasteiger charge is 2.23. The number of nitrogens with zero attached hydrogens (tertiary/aromatic N) is 1. The minimum absolute atomic E-state index is 0.0720. The molecule has 1 aromatic rings. The van der Waals surface area contributed by atoms with Crippen LogP contribution in [0.1, 0.15) is 33.3 Å². The summed E-state index contributed by atoms with van der Waals surface area (Å²) in [5.74, 6) is -1.04. The third-order valence-electron chi connectivity index (χ3n) is 2.11. The van der Waals surface area contributed by atoms with Gasteiger partial charge in [-0.2, -0.15) is 5.26 Å². The van der Waals surface area contributed by atoms with Crippen LogP contribution in [-0.4, -0.2) is 17.7 Å². The first kappa shape index (κ1) is 15.0. The highest BCUT2D eigenvalue weighted by atomic mass is 19.1. The van der Waals surface area contributed by atoms with Gasteiger partial charge in [-0.05, 0) is 39.8 Å². The van der Waals surface area contributed by atoms with Crippen molar-refractivity contribution < 1.29 is 18.7 Å². The van der Waals surface area contributed by atoms with Crippen molar-refractivity contribution in [2.24, 2.45) is 0 Å². The first-order valence-corrected chi connectivity index (χ1v) is 5.82. The van der Waals surface area contributed by atoms with Crippen LogP contribution < -0.4 is 4.74 Å². The standard InChI is InChI=1S/C14H16FNO3/c1-9(13(17)19-14(2,3)4)18-11-6-5-10(8-16)12(15)7-11/h5-7,9H,1-4H3/t9-/m0/s1. The molecule has 0 bridgehead atoms. The van der Waals surface area contributed by atoms with Crippen molar-refractivity contribution in [3.8, 4) is 11.8 Å². The average Bonchev–Trinajstić information content (AvgIpc) is 2.27. The van der Waals surface area contributed by atoms with E-state index in [9.17, 15) is 9.18 Å². The molecule has 0 spiro atoms. The van der Waals surface area contributed by atoms with Crippen molar-refractivity contribution in [3.63, 3.8) is 0 Å². The van der Waals surface area contributed by atoms with Crippen molar-refractivity contribution in [3.05, 3.63) is 29.6 Å². The number of carbonyl (C=O) groups excluding carboxylic acids is 1. The number of hydrogen-bond donors (Lipinski definition) is 0. The van der Waals surface area contributed by atoms with Gasteiger partial charge in [-0.1, -0.05) is 0 Å². The van der Waals surface area contributed by atoms with Crippen LogP contribution in [0.4, 0.5) is 4.39 Å². The largest absolute Gasteiger partial charge is 0.479 e. The fraction of sp³-hybridized carbons (Fsp3) is 0.429. The fourth-order valence-electron chi connectivity index (χ4n) is 1.30. The number of carbonyl (C=O) groups is 1. The molecule has 0 aromatic heterocycles. The molecule has 5 heteroatoms. The van der Waals surface area contributed by atoms with E-state index in [-0.39, 0.29) is 11.3 Å². The third-order valence-corrected chi connectivity index (χ3v) is 2.11. The summed E-state index contributed by atoms with van der Waals surface area (Å²) in [5.41, 5.74) is -0.678. The molecule has 1 atom stereocenters. The van der Waals surface area contributed by atoms with Crippen LogP contribution in [0, 0.1) is 17.1 Å². The summed E-state index contributed by atoms with van der Waals surface area (Å²) in [4.78, 5) is 11.7. The number of ether oxygens (including phenoxy) is 2. The van der Waals surface area contributed by atoms with E-state index in [1.807, 2.05) is 0 Å². The summed E-state index contributed by atoms with van der Waals surface area (Å²) >= 11 is 0. The lowest BCUT2D eigenvalue weighted by atomic mass is 10.2. The summed E-state index contributed by atoms with van der Waals surface area (Å²) in [6, 6.07) is 5.51. The molecule has 102 valence electrons. The minimum Gasteiger partial charge on any atom is -0.479 e. The number of hydrogen-bond acceptors (Lipinski definition) is 4. The molecule has 0 radical (unpaired) electrons. The van der Waals surface area contributed by atoms with Gasteiger partial charge in [0.05, 0.1) is 5.56 Å². The fourth-order valence-corrected chi connectivity index (χ4v) is 1.30. The average molecular weight is 265 g/mol. The number of benzene rings is 1. The van der Waals surface area contributed by atoms with E-state index < -0.39 is 23.5 Å². The van der Waals surface area contributed by atoms with Gasteiger partial charge >= 0.3 is 5.97 Å². The molecule has 0 amide bonds. The Bertz CT molecular complexity index is 514. The molecular weight excluding hydrogens is 249 g/mol. The molecule has 0 unspecified atom stereocenters. The van der Waals surface area contributed by atoms with Gasteiger partial charge in [0.2, 0.25) is 0 Å². The Morgan fingerprint density at radius 2 is 2.05 bits per heavy atom. The Morgan fingerprint density at radius 3 is 2.53 bits per heavy atom. The lowest BCUT2D eigenvalue weighted by Crippen LogP contribution is -2.33. The molecule has 0 aliphatic heterocycles. The van der Waals surface area contributed by atoms with Crippen LogP contribution in [0.25, 0.3) is 0 Å². The van der Waals surface area contributed by atoms with Gasteiger partial charge in [-0.25, -0.2) is 9.18 Å². The first-order chi connectivity index (χ1) is 8.73. The Hall–Kier alpha value is -2.09. The van der Waals surface area contributed by atoms with Crippen molar-refractivity contribution in [2.45, 2.75) is 39.4 Å². The van der Waals surface area contributed by atoms with E-state index in [2.05, 4.69) is 0 Å². The maximum Gasteiger partial charge on any atom is 0.347 e. The molecular formula is C14H16FNO3. The SMILES string of the molecule is C[C@H](Oc1ccc(C#N)c(F)c1)C(=O)OC(C)(C)C. The summed E-state index contributed by atoms with van der Waals surface area (Å²) in [7, 11) is 0. The molecule has 0 aliphatic carbocycles. The lowest BCUT2D eigenvalue weighted by molar-refractivity contribution is -0.162. The van der Waals surface area contributed by atoms with E-state index in [1.54, 1.807) is 26.8 Å². The zero-order valence-corrected chi connectivity index (χ0v) is 11.4. The highest BCUT2D eigenvalue weighted by Crippen LogP contribution is 2.18. The molecule has 0 saturated heterocycles. The quantitative estimate of drug-likeness (QED) is 0.788. The second-order valence-electron chi connectivity index (χ2n) is 5.05. The van der Waals surface area contributed by atoms with Crippen molar-refractivity contribution >= 4 is 5.97 Å². The number of halogens is 1. The molecule has 0 heterocycles. The Balaban J connectivity index is 2.72. The van der Waals surface area contributed by atoms with E-state index in [0.29, 0.717) is 0 Å². The Kier molecular flexibility index (Phi) is 4.49. The number of rotatable bonds is 3. The maximum absolute atomic E-state index is 13.4. The van der Waals surface area contributed by atoms with Gasteiger partial charge < -0.3 is 9.47 Å². The zero-order chi connectivity index (χ0) is 14.6. The van der Waals surface area contributed by atoms with Crippen LogP contribution in [0.15, 0.2) is 18.2 Å². The number of nitriles is 1. The smallest absolute Gasteiger partial charge is 0.347 e. The summed E-state index contributed by atoms with van der Waals surface area (Å²) < 4.78 is 23.8. The van der Waals surface area contributed by atoms with Crippen molar-refractivity contribution in [1.29, 1.82) is 5.26 Å². The number of esters is 1. The molecule has 0 fully saturated rings. The van der Waals surface area contributed by atoms with Gasteiger partial charge in [0.25, 0.3) is 0 Å². The maximum atomic E-state index is 13.4. The lowest BCUT2D eigenvalue weighted by Gasteiger charge is -2.22. The molecule has 0 N–H and O–H groups in total. The monoisotopic (exact) mass is 265 g/mol. The van der Waals surface area contributed by atoms with Gasteiger partial charge in [0, 0.05) is 6.07 Å². The predicted octanol–water partition coefficient (Wildman–Crippen LogP) is 2.81. The van der Waals surface area contributed by atoms with Crippen molar-refractivity contribution in [1.82, 2.24) is 0 Å². The van der Waals surface area contributed by atoms with Crippen LogP contribution in [0.3, 0.4) is 0 Å². The Labute approximate surface area is 111 Å². The molecule has 4 nitrogen and oxygen atoms in total.